The minimum Gasteiger partial charge on any atom is -0.355 e. The van der Waals surface area contributed by atoms with E-state index in [0.717, 1.165) is 20.4 Å². The molecule has 1 heterocycles. The molecule has 1 N–H and O–H groups in total. The molecule has 0 aliphatic heterocycles. The van der Waals surface area contributed by atoms with Crippen LogP contribution in [-0.4, -0.2) is 22.5 Å². The van der Waals surface area contributed by atoms with Gasteiger partial charge in [-0.05, 0) is 41.6 Å². The van der Waals surface area contributed by atoms with Gasteiger partial charge in [0.05, 0.1) is 5.52 Å². The highest BCUT2D eigenvalue weighted by Crippen LogP contribution is 2.22. The molecule has 0 aliphatic rings. The normalized spacial score (nSPS) is 10.8. The largest absolute Gasteiger partial charge is 0.355 e. The highest BCUT2D eigenvalue weighted by molar-refractivity contribution is 14.1. The fourth-order valence-electron chi connectivity index (χ4n) is 1.64. The summed E-state index contributed by atoms with van der Waals surface area (Å²) in [6, 6.07) is 3.73. The Labute approximate surface area is 107 Å². The second-order valence-corrected chi connectivity index (χ2v) is 4.79. The van der Waals surface area contributed by atoms with Gasteiger partial charge in [0.15, 0.2) is 0 Å². The van der Waals surface area contributed by atoms with Crippen molar-refractivity contribution in [3.63, 3.8) is 0 Å². The van der Waals surface area contributed by atoms with E-state index in [2.05, 4.69) is 32.9 Å². The van der Waals surface area contributed by atoms with Crippen LogP contribution in [0.25, 0.3) is 11.0 Å². The summed E-state index contributed by atoms with van der Waals surface area (Å²) in [6.07, 6.45) is 0. The van der Waals surface area contributed by atoms with Gasteiger partial charge in [-0.25, -0.2) is 4.98 Å². The number of carbonyl (C=O) groups excluding carboxylic acids is 1. The number of nitrogens with one attached hydrogen (secondary N) is 1. The topological polar surface area (TPSA) is 46.9 Å². The number of halogens is 1. The van der Waals surface area contributed by atoms with Gasteiger partial charge in [-0.15, -0.1) is 0 Å². The zero-order valence-corrected chi connectivity index (χ0v) is 11.5. The maximum absolute atomic E-state index is 11.6. The number of aryl methyl sites for hydroxylation is 2. The fraction of sp³-hybridized carbons (Fsp3) is 0.273. The predicted molar refractivity (Wildman–Crippen MR) is 71.6 cm³/mol. The number of carbonyl (C=O) groups is 1. The first-order valence-corrected chi connectivity index (χ1v) is 5.97. The van der Waals surface area contributed by atoms with Crippen molar-refractivity contribution in [1.29, 1.82) is 0 Å². The number of hydrogen-bond donors (Lipinski definition) is 1. The van der Waals surface area contributed by atoms with Crippen molar-refractivity contribution in [1.82, 2.24) is 14.9 Å². The monoisotopic (exact) mass is 329 g/mol. The smallest absolute Gasteiger partial charge is 0.251 e. The van der Waals surface area contributed by atoms with E-state index in [9.17, 15) is 4.79 Å². The minimum atomic E-state index is -0.0707. The van der Waals surface area contributed by atoms with Crippen LogP contribution in [0.3, 0.4) is 0 Å². The van der Waals surface area contributed by atoms with Crippen LogP contribution in [0.5, 0.6) is 0 Å². The Balaban J connectivity index is 2.75. The highest BCUT2D eigenvalue weighted by Gasteiger charge is 2.12. The molecule has 0 spiro atoms. The molecule has 1 amide bonds. The standard InChI is InChI=1S/C11H12IN3O/c1-6-14-10-8(12)4-7(11(16)13-2)5-9(10)15(6)3/h4-5H,1-3H3,(H,13,16). The summed E-state index contributed by atoms with van der Waals surface area (Å²) in [7, 11) is 3.59. The molecule has 1 aromatic carbocycles. The van der Waals surface area contributed by atoms with Crippen molar-refractivity contribution in [2.24, 2.45) is 7.05 Å². The molecule has 5 heteroatoms. The van der Waals surface area contributed by atoms with Gasteiger partial charge in [0.25, 0.3) is 5.91 Å². The van der Waals surface area contributed by atoms with Gasteiger partial charge in [-0.3, -0.25) is 4.79 Å². The summed E-state index contributed by atoms with van der Waals surface area (Å²) in [5.74, 6) is 0.876. The molecule has 0 atom stereocenters. The van der Waals surface area contributed by atoms with Crippen LogP contribution in [0.2, 0.25) is 0 Å². The van der Waals surface area contributed by atoms with Gasteiger partial charge in [-0.1, -0.05) is 0 Å². The molecule has 0 saturated carbocycles. The minimum absolute atomic E-state index is 0.0707. The Hall–Kier alpha value is -1.11. The van der Waals surface area contributed by atoms with Gasteiger partial charge in [-0.2, -0.15) is 0 Å². The lowest BCUT2D eigenvalue weighted by Crippen LogP contribution is -2.17. The van der Waals surface area contributed by atoms with Crippen LogP contribution in [-0.2, 0) is 7.05 Å². The van der Waals surface area contributed by atoms with Crippen LogP contribution in [0.1, 0.15) is 16.2 Å². The number of aromatic nitrogens is 2. The molecule has 84 valence electrons. The summed E-state index contributed by atoms with van der Waals surface area (Å²) in [6.45, 7) is 1.95. The Kier molecular flexibility index (Phi) is 2.88. The van der Waals surface area contributed by atoms with Gasteiger partial charge < -0.3 is 9.88 Å². The first kappa shape index (κ1) is 11.4. The average molecular weight is 329 g/mol. The fourth-order valence-corrected chi connectivity index (χ4v) is 2.37. The zero-order chi connectivity index (χ0) is 11.9. The van der Waals surface area contributed by atoms with Crippen LogP contribution < -0.4 is 5.32 Å². The van der Waals surface area contributed by atoms with Gasteiger partial charge >= 0.3 is 0 Å². The Morgan fingerprint density at radius 3 is 2.81 bits per heavy atom. The number of imidazole rings is 1. The zero-order valence-electron chi connectivity index (χ0n) is 9.34. The first-order valence-electron chi connectivity index (χ1n) is 4.89. The van der Waals surface area contributed by atoms with Gasteiger partial charge in [0.1, 0.15) is 11.3 Å². The molecular weight excluding hydrogens is 317 g/mol. The van der Waals surface area contributed by atoms with Crippen LogP contribution >= 0.6 is 22.6 Å². The van der Waals surface area contributed by atoms with Crippen molar-refractivity contribution in [2.75, 3.05) is 7.05 Å². The van der Waals surface area contributed by atoms with Gasteiger partial charge in [0, 0.05) is 23.2 Å². The predicted octanol–water partition coefficient (Wildman–Crippen LogP) is 1.85. The number of nitrogens with zero attached hydrogens (tertiary/aromatic N) is 2. The van der Waals surface area contributed by atoms with E-state index in [1.54, 1.807) is 7.05 Å². The number of rotatable bonds is 1. The molecule has 0 aliphatic carbocycles. The van der Waals surface area contributed by atoms with Crippen LogP contribution in [0.15, 0.2) is 12.1 Å². The molecule has 16 heavy (non-hydrogen) atoms. The third-order valence-electron chi connectivity index (χ3n) is 2.65. The van der Waals surface area contributed by atoms with Crippen LogP contribution in [0.4, 0.5) is 0 Å². The summed E-state index contributed by atoms with van der Waals surface area (Å²) in [4.78, 5) is 16.0. The van der Waals surface area contributed by atoms with E-state index in [1.165, 1.54) is 0 Å². The lowest BCUT2D eigenvalue weighted by Gasteiger charge is -2.03. The number of amides is 1. The maximum Gasteiger partial charge on any atom is 0.251 e. The Bertz CT molecular complexity index is 574. The molecule has 4 nitrogen and oxygen atoms in total. The van der Waals surface area contributed by atoms with E-state index >= 15 is 0 Å². The summed E-state index contributed by atoms with van der Waals surface area (Å²) < 4.78 is 2.99. The van der Waals surface area contributed by atoms with Crippen molar-refractivity contribution >= 4 is 39.5 Å². The van der Waals surface area contributed by atoms with E-state index in [0.29, 0.717) is 5.56 Å². The molecule has 1 aromatic heterocycles. The van der Waals surface area contributed by atoms with E-state index in [1.807, 2.05) is 30.7 Å². The molecule has 2 rings (SSSR count). The lowest BCUT2D eigenvalue weighted by atomic mass is 10.2. The summed E-state index contributed by atoms with van der Waals surface area (Å²) in [5, 5.41) is 2.63. The molecule has 0 bridgehead atoms. The quantitative estimate of drug-likeness (QED) is 0.812. The van der Waals surface area contributed by atoms with Crippen molar-refractivity contribution in [2.45, 2.75) is 6.92 Å². The summed E-state index contributed by atoms with van der Waals surface area (Å²) >= 11 is 2.21. The molecule has 0 radical (unpaired) electrons. The number of benzene rings is 1. The molecular formula is C11H12IN3O. The molecule has 0 fully saturated rings. The average Bonchev–Trinajstić information content (AvgIpc) is 2.56. The Morgan fingerprint density at radius 2 is 2.19 bits per heavy atom. The Morgan fingerprint density at radius 1 is 1.50 bits per heavy atom. The first-order chi connectivity index (χ1) is 7.54. The second kappa shape index (κ2) is 4.04. The van der Waals surface area contributed by atoms with Crippen molar-refractivity contribution in [3.8, 4) is 0 Å². The van der Waals surface area contributed by atoms with Crippen molar-refractivity contribution < 1.29 is 4.79 Å². The molecule has 0 unspecified atom stereocenters. The number of fused-ring (bicyclic) bond motifs is 1. The SMILES string of the molecule is CNC(=O)c1cc(I)c2nc(C)n(C)c2c1. The number of hydrogen-bond acceptors (Lipinski definition) is 2. The summed E-state index contributed by atoms with van der Waals surface area (Å²) in [5.41, 5.74) is 2.61. The third-order valence-corrected chi connectivity index (χ3v) is 3.48. The van der Waals surface area contributed by atoms with E-state index in [-0.39, 0.29) is 5.91 Å². The molecule has 0 saturated heterocycles. The second-order valence-electron chi connectivity index (χ2n) is 3.62. The highest BCUT2D eigenvalue weighted by atomic mass is 127. The maximum atomic E-state index is 11.6. The van der Waals surface area contributed by atoms with Gasteiger partial charge in [0.2, 0.25) is 0 Å². The van der Waals surface area contributed by atoms with Crippen molar-refractivity contribution in [3.05, 3.63) is 27.1 Å². The van der Waals surface area contributed by atoms with Crippen LogP contribution in [0, 0.1) is 10.5 Å². The third kappa shape index (κ3) is 1.68. The molecule has 2 aromatic rings. The van der Waals surface area contributed by atoms with E-state index in [4.69, 9.17) is 0 Å². The lowest BCUT2D eigenvalue weighted by molar-refractivity contribution is 0.0963. The van der Waals surface area contributed by atoms with E-state index < -0.39 is 0 Å².